The maximum Gasteiger partial charge on any atom is 0.235 e. The summed E-state index contributed by atoms with van der Waals surface area (Å²) in [5, 5.41) is 9.40. The Morgan fingerprint density at radius 2 is 1.93 bits per heavy atom. The summed E-state index contributed by atoms with van der Waals surface area (Å²) in [6.07, 6.45) is 0.561. The fourth-order valence-corrected chi connectivity index (χ4v) is 2.75. The topological polar surface area (TPSA) is 81.4 Å². The first-order chi connectivity index (χ1) is 13.3. The average molecular weight is 368 g/mol. The lowest BCUT2D eigenvalue weighted by atomic mass is 10.1. The minimum atomic E-state index is -0.263. The zero-order valence-corrected chi connectivity index (χ0v) is 14.7. The molecule has 1 aromatic heterocycles. The summed E-state index contributed by atoms with van der Waals surface area (Å²) in [5.74, 6) is 1.11. The second-order valence-corrected chi connectivity index (χ2v) is 6.31. The summed E-state index contributed by atoms with van der Waals surface area (Å²) in [6.45, 7) is 1.38. The van der Waals surface area contributed by atoms with Crippen LogP contribution in [0.5, 0.6) is 11.5 Å². The summed E-state index contributed by atoms with van der Waals surface area (Å²) >= 11 is 0. The van der Waals surface area contributed by atoms with Crippen LogP contribution in [0.4, 0.5) is 0 Å². The monoisotopic (exact) mass is 368 g/mol. The maximum atomic E-state index is 13.1. The molecule has 27 heavy (non-hydrogen) atoms. The molecular weight excluding hydrogens is 348 g/mol. The Hall–Kier alpha value is -2.83. The smallest absolute Gasteiger partial charge is 0.235 e. The van der Waals surface area contributed by atoms with Gasteiger partial charge in [0.05, 0.1) is 18.6 Å². The van der Waals surface area contributed by atoms with Crippen LogP contribution in [0.15, 0.2) is 57.7 Å². The Kier molecular flexibility index (Phi) is 5.09. The lowest BCUT2D eigenvalue weighted by Crippen LogP contribution is -2.12. The van der Waals surface area contributed by atoms with Crippen molar-refractivity contribution in [2.45, 2.75) is 12.5 Å². The molecule has 1 N–H and O–H groups in total. The highest BCUT2D eigenvalue weighted by Crippen LogP contribution is 2.32. The van der Waals surface area contributed by atoms with Crippen LogP contribution in [0.2, 0.25) is 0 Å². The molecule has 2 aromatic carbocycles. The molecule has 0 radical (unpaired) electrons. The molecule has 1 aliphatic heterocycles. The molecule has 1 aliphatic rings. The highest BCUT2D eigenvalue weighted by atomic mass is 16.6. The quantitative estimate of drug-likeness (QED) is 0.486. The first-order valence-electron chi connectivity index (χ1n) is 8.90. The molecule has 4 rings (SSSR count). The Bertz CT molecular complexity index is 975. The minimum absolute atomic E-state index is 0.0131. The van der Waals surface area contributed by atoms with Crippen molar-refractivity contribution in [1.82, 2.24) is 0 Å². The van der Waals surface area contributed by atoms with Gasteiger partial charge in [0.2, 0.25) is 11.2 Å². The normalized spacial score (nSPS) is 15.7. The number of fused-ring (bicyclic) bond motifs is 1. The van der Waals surface area contributed by atoms with Gasteiger partial charge < -0.3 is 23.7 Å². The summed E-state index contributed by atoms with van der Waals surface area (Å²) in [7, 11) is 0. The van der Waals surface area contributed by atoms with E-state index in [0.29, 0.717) is 42.1 Å². The van der Waals surface area contributed by atoms with Crippen LogP contribution in [0.1, 0.15) is 6.42 Å². The largest absolute Gasteiger partial charge is 0.491 e. The van der Waals surface area contributed by atoms with Crippen molar-refractivity contribution >= 4 is 11.0 Å². The van der Waals surface area contributed by atoms with Crippen LogP contribution in [0.25, 0.3) is 22.3 Å². The molecule has 0 spiro atoms. The minimum Gasteiger partial charge on any atom is -0.491 e. The van der Waals surface area contributed by atoms with Crippen molar-refractivity contribution in [1.29, 1.82) is 0 Å². The molecule has 6 nitrogen and oxygen atoms in total. The molecule has 0 amide bonds. The SMILES string of the molecule is O=c1c(OCCCO)c(-c2ccccc2)oc2ccc(OCC3CO3)cc12. The Labute approximate surface area is 155 Å². The van der Waals surface area contributed by atoms with Gasteiger partial charge in [0.15, 0.2) is 5.76 Å². The highest BCUT2D eigenvalue weighted by Gasteiger charge is 2.23. The highest BCUT2D eigenvalue weighted by molar-refractivity contribution is 5.83. The molecule has 0 saturated carbocycles. The molecule has 2 heterocycles. The van der Waals surface area contributed by atoms with Gasteiger partial charge in [0, 0.05) is 18.6 Å². The maximum absolute atomic E-state index is 13.1. The molecule has 3 aromatic rings. The van der Waals surface area contributed by atoms with E-state index in [1.54, 1.807) is 18.2 Å². The van der Waals surface area contributed by atoms with Crippen molar-refractivity contribution in [2.24, 2.45) is 0 Å². The van der Waals surface area contributed by atoms with E-state index in [1.807, 2.05) is 30.3 Å². The molecule has 0 bridgehead atoms. The van der Waals surface area contributed by atoms with E-state index in [2.05, 4.69) is 0 Å². The molecule has 1 unspecified atom stereocenters. The van der Waals surface area contributed by atoms with E-state index in [1.165, 1.54) is 0 Å². The third-order valence-corrected chi connectivity index (χ3v) is 4.24. The molecule has 1 saturated heterocycles. The Morgan fingerprint density at radius 3 is 2.67 bits per heavy atom. The van der Waals surface area contributed by atoms with Gasteiger partial charge in [-0.3, -0.25) is 4.79 Å². The van der Waals surface area contributed by atoms with E-state index in [4.69, 9.17) is 23.7 Å². The van der Waals surface area contributed by atoms with Gasteiger partial charge in [-0.2, -0.15) is 0 Å². The second-order valence-electron chi connectivity index (χ2n) is 6.31. The zero-order chi connectivity index (χ0) is 18.6. The van der Waals surface area contributed by atoms with Gasteiger partial charge in [0.25, 0.3) is 0 Å². The third-order valence-electron chi connectivity index (χ3n) is 4.24. The van der Waals surface area contributed by atoms with Crippen molar-refractivity contribution in [3.63, 3.8) is 0 Å². The van der Waals surface area contributed by atoms with Gasteiger partial charge in [-0.05, 0) is 18.2 Å². The number of ether oxygens (including phenoxy) is 3. The van der Waals surface area contributed by atoms with Gasteiger partial charge in [-0.1, -0.05) is 30.3 Å². The molecular formula is C21H20O6. The molecule has 1 atom stereocenters. The van der Waals surface area contributed by atoms with Crippen LogP contribution in [0.3, 0.4) is 0 Å². The van der Waals surface area contributed by atoms with Gasteiger partial charge in [-0.15, -0.1) is 0 Å². The fourth-order valence-electron chi connectivity index (χ4n) is 2.75. The number of epoxide rings is 1. The fraction of sp³-hybridized carbons (Fsp3) is 0.286. The number of hydrogen-bond donors (Lipinski definition) is 1. The van der Waals surface area contributed by atoms with E-state index >= 15 is 0 Å². The summed E-state index contributed by atoms with van der Waals surface area (Å²) in [4.78, 5) is 13.1. The summed E-state index contributed by atoms with van der Waals surface area (Å²) in [5.41, 5.74) is 0.950. The summed E-state index contributed by atoms with van der Waals surface area (Å²) < 4.78 is 22.5. The molecule has 140 valence electrons. The van der Waals surface area contributed by atoms with Gasteiger partial charge in [0.1, 0.15) is 24.0 Å². The van der Waals surface area contributed by atoms with Crippen LogP contribution in [-0.2, 0) is 4.74 Å². The Balaban J connectivity index is 1.77. The lowest BCUT2D eigenvalue weighted by molar-refractivity contribution is 0.231. The molecule has 1 fully saturated rings. The number of rotatable bonds is 8. The standard InChI is InChI=1S/C21H20O6/c22-9-4-10-24-21-19(23)17-11-15(25-12-16-13-26-16)7-8-18(17)27-20(21)14-5-2-1-3-6-14/h1-3,5-8,11,16,22H,4,9-10,12-13H2. The molecule has 0 aliphatic carbocycles. The van der Waals surface area contributed by atoms with Crippen molar-refractivity contribution in [2.75, 3.05) is 26.4 Å². The van der Waals surface area contributed by atoms with Crippen molar-refractivity contribution in [3.05, 3.63) is 58.8 Å². The van der Waals surface area contributed by atoms with Crippen molar-refractivity contribution < 1.29 is 23.7 Å². The predicted octanol–water partition coefficient (Wildman–Crippen LogP) is 3.00. The van der Waals surface area contributed by atoms with E-state index < -0.39 is 0 Å². The van der Waals surface area contributed by atoms with Crippen LogP contribution >= 0.6 is 0 Å². The average Bonchev–Trinajstić information content (AvgIpc) is 3.53. The Morgan fingerprint density at radius 1 is 1.11 bits per heavy atom. The van der Waals surface area contributed by atoms with Crippen LogP contribution < -0.4 is 14.9 Å². The zero-order valence-electron chi connectivity index (χ0n) is 14.7. The number of aliphatic hydroxyl groups excluding tert-OH is 1. The molecule has 6 heteroatoms. The number of aliphatic hydroxyl groups is 1. The lowest BCUT2D eigenvalue weighted by Gasteiger charge is -2.12. The summed E-state index contributed by atoms with van der Waals surface area (Å²) in [6, 6.07) is 14.5. The first-order valence-corrected chi connectivity index (χ1v) is 8.90. The van der Waals surface area contributed by atoms with E-state index in [0.717, 1.165) is 5.56 Å². The van der Waals surface area contributed by atoms with Crippen LogP contribution in [0, 0.1) is 0 Å². The van der Waals surface area contributed by atoms with E-state index in [9.17, 15) is 4.79 Å². The number of hydrogen-bond acceptors (Lipinski definition) is 6. The predicted molar refractivity (Wildman–Crippen MR) is 100 cm³/mol. The third kappa shape index (κ3) is 3.97. The van der Waals surface area contributed by atoms with Gasteiger partial charge >= 0.3 is 0 Å². The second kappa shape index (κ2) is 7.82. The van der Waals surface area contributed by atoms with Gasteiger partial charge in [-0.25, -0.2) is 0 Å². The van der Waals surface area contributed by atoms with Crippen LogP contribution in [-0.4, -0.2) is 37.6 Å². The number of benzene rings is 2. The van der Waals surface area contributed by atoms with Crippen molar-refractivity contribution in [3.8, 4) is 22.8 Å². The van der Waals surface area contributed by atoms with E-state index in [-0.39, 0.29) is 30.5 Å². The first kappa shape index (κ1) is 17.6.